The molecule has 9 heteroatoms. The van der Waals surface area contributed by atoms with Gasteiger partial charge < -0.3 is 29.3 Å². The van der Waals surface area contributed by atoms with Gasteiger partial charge in [-0.2, -0.15) is 0 Å². The van der Waals surface area contributed by atoms with Crippen LogP contribution in [0.4, 0.5) is 5.95 Å². The van der Waals surface area contributed by atoms with Gasteiger partial charge in [0.15, 0.2) is 12.4 Å². The Hall–Kier alpha value is -3.43. The Morgan fingerprint density at radius 1 is 1.03 bits per heavy atom. The number of furan rings is 1. The number of anilines is 1. The lowest BCUT2D eigenvalue weighted by Crippen LogP contribution is -2.46. The first kappa shape index (κ1) is 19.5. The van der Waals surface area contributed by atoms with Crippen LogP contribution in [0.15, 0.2) is 65.4 Å². The van der Waals surface area contributed by atoms with E-state index in [1.165, 1.54) is 0 Å². The van der Waals surface area contributed by atoms with Crippen LogP contribution in [0, 0.1) is 0 Å². The van der Waals surface area contributed by atoms with E-state index in [9.17, 15) is 4.79 Å². The lowest BCUT2D eigenvalue weighted by molar-refractivity contribution is -0.124. The molecule has 9 nitrogen and oxygen atoms in total. The molecule has 3 aromatic rings. The number of benzene rings is 1. The summed E-state index contributed by atoms with van der Waals surface area (Å²) in [6, 6.07) is 14.3. The molecule has 0 saturated carbocycles. The Balaban J connectivity index is 1.16. The number of carbonyl (C=O) groups excluding carboxylic acids is 1. The van der Waals surface area contributed by atoms with Gasteiger partial charge in [-0.3, -0.25) is 4.79 Å². The van der Waals surface area contributed by atoms with Gasteiger partial charge in [-0.1, -0.05) is 18.2 Å². The molecule has 2 saturated heterocycles. The second kappa shape index (κ2) is 8.75. The second-order valence-corrected chi connectivity index (χ2v) is 7.37. The van der Waals surface area contributed by atoms with Crippen LogP contribution in [-0.4, -0.2) is 60.0 Å². The zero-order valence-corrected chi connectivity index (χ0v) is 16.6. The number of hydrogen-bond acceptors (Lipinski definition) is 8. The summed E-state index contributed by atoms with van der Waals surface area (Å²) in [4.78, 5) is 21.1. The van der Waals surface area contributed by atoms with Crippen molar-refractivity contribution >= 4 is 11.9 Å². The Labute approximate surface area is 178 Å². The average molecular weight is 422 g/mol. The van der Waals surface area contributed by atoms with E-state index in [1.54, 1.807) is 30.7 Å². The molecule has 0 bridgehead atoms. The number of nitrogens with zero attached hydrogens (tertiary/aromatic N) is 2. The molecule has 4 heterocycles. The maximum Gasteiger partial charge on any atom is 0.258 e. The largest absolute Gasteiger partial charge is 0.484 e. The quantitative estimate of drug-likeness (QED) is 0.594. The minimum absolute atomic E-state index is 0.0625. The molecular formula is C22H22N4O5. The van der Waals surface area contributed by atoms with E-state index in [1.807, 2.05) is 30.3 Å². The zero-order valence-electron chi connectivity index (χ0n) is 16.6. The number of hydrogen-bond donors (Lipinski definition) is 2. The first-order valence-electron chi connectivity index (χ1n) is 10.1. The van der Waals surface area contributed by atoms with Crippen molar-refractivity contribution < 1.29 is 23.4 Å². The zero-order chi connectivity index (χ0) is 21.0. The van der Waals surface area contributed by atoms with E-state index in [-0.39, 0.29) is 36.8 Å². The molecule has 0 aliphatic carbocycles. The predicted octanol–water partition coefficient (Wildman–Crippen LogP) is 1.88. The fourth-order valence-corrected chi connectivity index (χ4v) is 3.82. The molecule has 4 atom stereocenters. The van der Waals surface area contributed by atoms with Crippen LogP contribution in [0.3, 0.4) is 0 Å². The topological polar surface area (TPSA) is 108 Å². The fraction of sp³-hybridized carbons (Fsp3) is 0.318. The maximum atomic E-state index is 12.3. The molecule has 0 unspecified atom stereocenters. The minimum atomic E-state index is -0.244. The van der Waals surface area contributed by atoms with Crippen molar-refractivity contribution in [1.82, 2.24) is 15.3 Å². The highest BCUT2D eigenvalue weighted by molar-refractivity contribution is 5.78. The number of nitrogens with one attached hydrogen (secondary N) is 2. The monoisotopic (exact) mass is 422 g/mol. The second-order valence-electron chi connectivity index (χ2n) is 7.37. The van der Waals surface area contributed by atoms with Crippen LogP contribution >= 0.6 is 0 Å². The third kappa shape index (κ3) is 4.37. The SMILES string of the molecule is O=C(COc1ccccc1)N[C@H]1CO[C@H]2[C@@H]1OC[C@@H]2Nc1nccc(-c2ccco2)n1. The van der Waals surface area contributed by atoms with E-state index in [0.717, 1.165) is 0 Å². The molecule has 160 valence electrons. The highest BCUT2D eigenvalue weighted by atomic mass is 16.6. The molecule has 1 amide bonds. The van der Waals surface area contributed by atoms with E-state index in [2.05, 4.69) is 20.6 Å². The third-order valence-electron chi connectivity index (χ3n) is 5.26. The molecule has 2 N–H and O–H groups in total. The van der Waals surface area contributed by atoms with Crippen molar-refractivity contribution in [2.24, 2.45) is 0 Å². The number of amides is 1. The van der Waals surface area contributed by atoms with Crippen LogP contribution < -0.4 is 15.4 Å². The summed E-state index contributed by atoms with van der Waals surface area (Å²) in [5, 5.41) is 6.23. The summed E-state index contributed by atoms with van der Waals surface area (Å²) in [5.74, 6) is 1.57. The fourth-order valence-electron chi connectivity index (χ4n) is 3.82. The number of para-hydroxylation sites is 1. The van der Waals surface area contributed by atoms with E-state index < -0.39 is 0 Å². The van der Waals surface area contributed by atoms with Gasteiger partial charge >= 0.3 is 0 Å². The summed E-state index contributed by atoms with van der Waals surface area (Å²) < 4.78 is 22.7. The van der Waals surface area contributed by atoms with Gasteiger partial charge in [-0.25, -0.2) is 9.97 Å². The molecule has 2 aliphatic heterocycles. The average Bonchev–Trinajstić information content (AvgIpc) is 3.54. The molecule has 5 rings (SSSR count). The van der Waals surface area contributed by atoms with Gasteiger partial charge in [-0.15, -0.1) is 0 Å². The Morgan fingerprint density at radius 2 is 1.84 bits per heavy atom. The van der Waals surface area contributed by atoms with Gasteiger partial charge in [0.25, 0.3) is 5.91 Å². The van der Waals surface area contributed by atoms with Crippen molar-refractivity contribution in [1.29, 1.82) is 0 Å². The first-order chi connectivity index (χ1) is 15.3. The molecule has 2 aliphatic rings. The summed E-state index contributed by atoms with van der Waals surface area (Å²) >= 11 is 0. The first-order valence-corrected chi connectivity index (χ1v) is 10.1. The molecule has 1 aromatic carbocycles. The van der Waals surface area contributed by atoms with Crippen molar-refractivity contribution in [2.45, 2.75) is 24.3 Å². The maximum absolute atomic E-state index is 12.3. The van der Waals surface area contributed by atoms with Gasteiger partial charge in [0.05, 0.1) is 31.6 Å². The highest BCUT2D eigenvalue weighted by Gasteiger charge is 2.48. The number of carbonyl (C=O) groups is 1. The van der Waals surface area contributed by atoms with Crippen molar-refractivity contribution in [2.75, 3.05) is 25.1 Å². The normalized spacial score (nSPS) is 24.5. The molecule has 2 aromatic heterocycles. The molecule has 0 radical (unpaired) electrons. The smallest absolute Gasteiger partial charge is 0.258 e. The van der Waals surface area contributed by atoms with Gasteiger partial charge in [0.1, 0.15) is 23.7 Å². The number of ether oxygens (including phenoxy) is 3. The number of aromatic nitrogens is 2. The van der Waals surface area contributed by atoms with Gasteiger partial charge in [-0.05, 0) is 30.3 Å². The summed E-state index contributed by atoms with van der Waals surface area (Å²) in [6.45, 7) is 0.738. The van der Waals surface area contributed by atoms with Gasteiger partial charge in [0.2, 0.25) is 5.95 Å². The molecule has 0 spiro atoms. The van der Waals surface area contributed by atoms with Crippen molar-refractivity contribution in [3.8, 4) is 17.2 Å². The van der Waals surface area contributed by atoms with Crippen LogP contribution in [0.2, 0.25) is 0 Å². The van der Waals surface area contributed by atoms with Crippen LogP contribution in [0.5, 0.6) is 5.75 Å². The lowest BCUT2D eigenvalue weighted by atomic mass is 10.1. The predicted molar refractivity (Wildman–Crippen MR) is 110 cm³/mol. The standard InChI is InChI=1S/C22H22N4O5/c27-19(13-29-14-5-2-1-3-6-14)24-16-11-30-21-17(12-31-20(16)21)26-22-23-9-8-15(25-22)18-7-4-10-28-18/h1-10,16-17,20-21H,11-13H2,(H,24,27)(H,23,25,26)/t16-,17-,20+,21+/m0/s1. The van der Waals surface area contributed by atoms with E-state index in [4.69, 9.17) is 18.6 Å². The molecular weight excluding hydrogens is 400 g/mol. The Morgan fingerprint density at radius 3 is 2.65 bits per heavy atom. The molecule has 2 fully saturated rings. The summed E-state index contributed by atoms with van der Waals surface area (Å²) in [6.07, 6.45) is 2.82. The van der Waals surface area contributed by atoms with Crippen LogP contribution in [-0.2, 0) is 14.3 Å². The van der Waals surface area contributed by atoms with Crippen LogP contribution in [0.25, 0.3) is 11.5 Å². The Kier molecular flexibility index (Phi) is 5.51. The van der Waals surface area contributed by atoms with E-state index in [0.29, 0.717) is 36.4 Å². The van der Waals surface area contributed by atoms with Crippen LogP contribution in [0.1, 0.15) is 0 Å². The van der Waals surface area contributed by atoms with Crippen molar-refractivity contribution in [3.05, 3.63) is 61.0 Å². The van der Waals surface area contributed by atoms with Gasteiger partial charge in [0, 0.05) is 6.20 Å². The minimum Gasteiger partial charge on any atom is -0.484 e. The number of fused-ring (bicyclic) bond motifs is 1. The third-order valence-corrected chi connectivity index (χ3v) is 5.26. The lowest BCUT2D eigenvalue weighted by Gasteiger charge is -2.18. The van der Waals surface area contributed by atoms with E-state index >= 15 is 0 Å². The molecule has 31 heavy (non-hydrogen) atoms. The highest BCUT2D eigenvalue weighted by Crippen LogP contribution is 2.29. The summed E-state index contributed by atoms with van der Waals surface area (Å²) in [5.41, 5.74) is 0.689. The number of rotatable bonds is 7. The van der Waals surface area contributed by atoms with Crippen molar-refractivity contribution in [3.63, 3.8) is 0 Å². The Bertz CT molecular complexity index is 1010. The summed E-state index contributed by atoms with van der Waals surface area (Å²) in [7, 11) is 0.